The Hall–Kier alpha value is -2.76. The number of hydrogen-bond acceptors (Lipinski definition) is 3. The van der Waals surface area contributed by atoms with E-state index in [0.29, 0.717) is 11.3 Å². The quantitative estimate of drug-likeness (QED) is 0.666. The van der Waals surface area contributed by atoms with E-state index in [4.69, 9.17) is 5.11 Å². The first-order valence-corrected chi connectivity index (χ1v) is 6.06. The number of phenolic OH excluding ortho intramolecular Hbond substituents is 1. The minimum Gasteiger partial charge on any atom is -0.507 e. The second kappa shape index (κ2) is 4.12. The van der Waals surface area contributed by atoms with Gasteiger partial charge in [0.25, 0.3) is 0 Å². The molecule has 0 aliphatic heterocycles. The van der Waals surface area contributed by atoms with Crippen LogP contribution in [0.2, 0.25) is 0 Å². The molecule has 102 valence electrons. The molecule has 0 saturated heterocycles. The first-order valence-electron chi connectivity index (χ1n) is 6.06. The summed E-state index contributed by atoms with van der Waals surface area (Å²) in [7, 11) is 1.65. The number of carboxylic acids is 1. The fourth-order valence-corrected chi connectivity index (χ4v) is 2.40. The molecule has 0 radical (unpaired) electrons. The van der Waals surface area contributed by atoms with E-state index in [1.54, 1.807) is 13.1 Å². The van der Waals surface area contributed by atoms with Crippen molar-refractivity contribution < 1.29 is 15.0 Å². The number of carboxylic acid groups (broad SMARTS) is 1. The Morgan fingerprint density at radius 3 is 2.80 bits per heavy atom. The Morgan fingerprint density at radius 2 is 2.15 bits per heavy atom. The summed E-state index contributed by atoms with van der Waals surface area (Å²) >= 11 is 0. The van der Waals surface area contributed by atoms with Gasteiger partial charge in [0.2, 0.25) is 0 Å². The highest BCUT2D eigenvalue weighted by atomic mass is 16.4. The number of nitrogens with zero attached hydrogens (tertiary/aromatic N) is 2. The van der Waals surface area contributed by atoms with Gasteiger partial charge in [-0.1, -0.05) is 0 Å². The van der Waals surface area contributed by atoms with Crippen LogP contribution in [0.1, 0.15) is 16.1 Å². The van der Waals surface area contributed by atoms with Crippen LogP contribution in [0.5, 0.6) is 5.75 Å². The van der Waals surface area contributed by atoms with Gasteiger partial charge in [-0.25, -0.2) is 4.79 Å². The Morgan fingerprint density at radius 1 is 1.40 bits per heavy atom. The van der Waals surface area contributed by atoms with Crippen molar-refractivity contribution in [3.63, 3.8) is 0 Å². The molecule has 0 unspecified atom stereocenters. The van der Waals surface area contributed by atoms with Crippen molar-refractivity contribution in [1.29, 1.82) is 0 Å². The molecule has 20 heavy (non-hydrogen) atoms. The van der Waals surface area contributed by atoms with E-state index in [-0.39, 0.29) is 11.4 Å². The van der Waals surface area contributed by atoms with Gasteiger partial charge in [-0.05, 0) is 30.7 Å². The summed E-state index contributed by atoms with van der Waals surface area (Å²) < 4.78 is 1.45. The number of nitrogens with one attached hydrogen (secondary N) is 1. The summed E-state index contributed by atoms with van der Waals surface area (Å²) in [6, 6.07) is 5.05. The molecular weight excluding hydrogens is 258 g/mol. The molecule has 3 rings (SSSR count). The molecule has 0 spiro atoms. The maximum Gasteiger partial charge on any atom is 0.356 e. The third-order valence-corrected chi connectivity index (χ3v) is 3.39. The van der Waals surface area contributed by atoms with Crippen molar-refractivity contribution in [2.45, 2.75) is 6.92 Å². The van der Waals surface area contributed by atoms with Crippen molar-refractivity contribution in [3.05, 3.63) is 35.7 Å². The first kappa shape index (κ1) is 12.3. The molecule has 3 N–H and O–H groups in total. The lowest BCUT2D eigenvalue weighted by Crippen LogP contribution is -1.99. The zero-order valence-electron chi connectivity index (χ0n) is 11.0. The predicted octanol–water partition coefficient (Wildman–Crippen LogP) is 2.28. The molecule has 1 aromatic carbocycles. The fourth-order valence-electron chi connectivity index (χ4n) is 2.40. The highest BCUT2D eigenvalue weighted by Crippen LogP contribution is 2.37. The van der Waals surface area contributed by atoms with Crippen LogP contribution >= 0.6 is 0 Å². The number of aromatic amines is 1. The monoisotopic (exact) mass is 271 g/mol. The molecule has 0 amide bonds. The zero-order chi connectivity index (χ0) is 14.4. The predicted molar refractivity (Wildman–Crippen MR) is 73.9 cm³/mol. The van der Waals surface area contributed by atoms with Crippen molar-refractivity contribution in [2.75, 3.05) is 0 Å². The molecule has 0 bridgehead atoms. The third kappa shape index (κ3) is 1.65. The second-order valence-electron chi connectivity index (χ2n) is 4.70. The van der Waals surface area contributed by atoms with Crippen LogP contribution in [-0.2, 0) is 7.05 Å². The average molecular weight is 271 g/mol. The van der Waals surface area contributed by atoms with Gasteiger partial charge in [-0.15, -0.1) is 0 Å². The van der Waals surface area contributed by atoms with Gasteiger partial charge in [0.05, 0.1) is 5.69 Å². The number of aromatic carboxylic acids is 1. The molecule has 0 fully saturated rings. The van der Waals surface area contributed by atoms with Crippen LogP contribution < -0.4 is 0 Å². The zero-order valence-corrected chi connectivity index (χ0v) is 11.0. The van der Waals surface area contributed by atoms with Crippen molar-refractivity contribution >= 4 is 16.9 Å². The molecule has 2 aromatic heterocycles. The Bertz CT molecular complexity index is 830. The maximum atomic E-state index is 11.0. The average Bonchev–Trinajstić information content (AvgIpc) is 2.95. The van der Waals surface area contributed by atoms with Crippen molar-refractivity contribution in [1.82, 2.24) is 14.8 Å². The number of H-pyrrole nitrogens is 1. The summed E-state index contributed by atoms with van der Waals surface area (Å²) in [5.74, 6) is -0.966. The molecule has 6 heteroatoms. The van der Waals surface area contributed by atoms with Gasteiger partial charge in [0.1, 0.15) is 5.75 Å². The lowest BCUT2D eigenvalue weighted by atomic mass is 10.1. The molecule has 0 atom stereocenters. The van der Waals surface area contributed by atoms with E-state index in [0.717, 1.165) is 16.5 Å². The fraction of sp³-hybridized carbons (Fsp3) is 0.143. The van der Waals surface area contributed by atoms with Gasteiger partial charge in [0, 0.05) is 29.7 Å². The topological polar surface area (TPSA) is 91.1 Å². The lowest BCUT2D eigenvalue weighted by Gasteiger charge is -2.06. The normalized spacial score (nSPS) is 11.1. The molecule has 2 heterocycles. The number of aromatic hydroxyl groups is 1. The lowest BCUT2D eigenvalue weighted by molar-refractivity contribution is 0.0689. The first-order chi connectivity index (χ1) is 9.49. The van der Waals surface area contributed by atoms with Gasteiger partial charge in [-0.2, -0.15) is 5.10 Å². The van der Waals surface area contributed by atoms with Crippen molar-refractivity contribution in [2.24, 2.45) is 7.05 Å². The Balaban J connectivity index is 2.27. The van der Waals surface area contributed by atoms with Gasteiger partial charge >= 0.3 is 5.97 Å². The largest absolute Gasteiger partial charge is 0.507 e. The SMILES string of the molecule is Cc1c[nH]c2ccc(-c3cc(C(=O)O)nn3C)c(O)c12. The van der Waals surface area contributed by atoms with E-state index in [1.807, 2.05) is 19.2 Å². The van der Waals surface area contributed by atoms with E-state index < -0.39 is 5.97 Å². The summed E-state index contributed by atoms with van der Waals surface area (Å²) in [5, 5.41) is 24.1. The number of hydrogen-bond donors (Lipinski definition) is 3. The van der Waals surface area contributed by atoms with Crippen molar-refractivity contribution in [3.8, 4) is 17.0 Å². The number of carbonyl (C=O) groups is 1. The summed E-state index contributed by atoms with van der Waals surface area (Å²) in [4.78, 5) is 14.0. The molecule has 0 saturated carbocycles. The number of rotatable bonds is 2. The Labute approximate surface area is 114 Å². The highest BCUT2D eigenvalue weighted by molar-refractivity contribution is 5.95. The number of aromatic nitrogens is 3. The minimum absolute atomic E-state index is 0.0483. The summed E-state index contributed by atoms with van der Waals surface area (Å²) in [6.45, 7) is 1.90. The van der Waals surface area contributed by atoms with Crippen LogP contribution in [0.25, 0.3) is 22.2 Å². The van der Waals surface area contributed by atoms with Crippen LogP contribution in [0.15, 0.2) is 24.4 Å². The number of fused-ring (bicyclic) bond motifs is 1. The van der Waals surface area contributed by atoms with Gasteiger partial charge in [-0.3, -0.25) is 4.68 Å². The summed E-state index contributed by atoms with van der Waals surface area (Å²) in [6.07, 6.45) is 1.82. The van der Waals surface area contributed by atoms with Gasteiger partial charge in [0.15, 0.2) is 5.69 Å². The second-order valence-corrected chi connectivity index (χ2v) is 4.70. The van der Waals surface area contributed by atoms with Crippen LogP contribution in [0.3, 0.4) is 0 Å². The minimum atomic E-state index is -1.09. The van der Waals surface area contributed by atoms with Gasteiger partial charge < -0.3 is 15.2 Å². The smallest absolute Gasteiger partial charge is 0.356 e. The molecule has 0 aliphatic carbocycles. The Kier molecular flexibility index (Phi) is 2.53. The molecule has 6 nitrogen and oxygen atoms in total. The van der Waals surface area contributed by atoms with E-state index in [1.165, 1.54) is 10.7 Å². The number of benzene rings is 1. The van der Waals surface area contributed by atoms with E-state index in [9.17, 15) is 9.90 Å². The van der Waals surface area contributed by atoms with Crippen LogP contribution in [0, 0.1) is 6.92 Å². The standard InChI is InChI=1S/C14H13N3O3/c1-7-6-15-9-4-3-8(13(18)12(7)9)11-5-10(14(19)20)16-17(11)2/h3-6,15,18H,1-2H3,(H,19,20). The van der Waals surface area contributed by atoms with E-state index in [2.05, 4.69) is 10.1 Å². The van der Waals surface area contributed by atoms with Crippen LogP contribution in [0.4, 0.5) is 0 Å². The molecular formula is C14H13N3O3. The number of aryl methyl sites for hydroxylation is 2. The van der Waals surface area contributed by atoms with E-state index >= 15 is 0 Å². The van der Waals surface area contributed by atoms with Crippen LogP contribution in [-0.4, -0.2) is 30.9 Å². The molecule has 0 aliphatic rings. The molecule has 3 aromatic rings. The highest BCUT2D eigenvalue weighted by Gasteiger charge is 2.17. The summed E-state index contributed by atoms with van der Waals surface area (Å²) in [5.41, 5.74) is 2.84. The maximum absolute atomic E-state index is 11.0. The number of phenols is 1. The third-order valence-electron chi connectivity index (χ3n) is 3.39.